The van der Waals surface area contributed by atoms with Crippen LogP contribution >= 0.6 is 0 Å². The number of morpholine rings is 1. The van der Waals surface area contributed by atoms with Gasteiger partial charge in [0, 0.05) is 42.5 Å². The van der Waals surface area contributed by atoms with Crippen LogP contribution in [-0.2, 0) is 16.7 Å². The molecule has 1 saturated carbocycles. The molecule has 3 N–H and O–H groups in total. The maximum absolute atomic E-state index is 13.9. The van der Waals surface area contributed by atoms with Crippen molar-refractivity contribution in [3.63, 3.8) is 0 Å². The molecule has 202 valence electrons. The Labute approximate surface area is 217 Å². The predicted molar refractivity (Wildman–Crippen MR) is 138 cm³/mol. The van der Waals surface area contributed by atoms with E-state index >= 15 is 0 Å². The fraction of sp³-hybridized carbons (Fsp3) is 0.536. The molecule has 0 bridgehead atoms. The number of amides is 1. The summed E-state index contributed by atoms with van der Waals surface area (Å²) >= 11 is 0. The van der Waals surface area contributed by atoms with E-state index in [2.05, 4.69) is 28.4 Å². The summed E-state index contributed by atoms with van der Waals surface area (Å²) in [5, 5.41) is 24.8. The number of nitrogens with one attached hydrogen (secondary N) is 1. The molecule has 0 radical (unpaired) electrons. The number of hydrogen-bond acceptors (Lipinski definition) is 5. The topological polar surface area (TPSA) is 85.3 Å². The molecule has 4 rings (SSSR count). The van der Waals surface area contributed by atoms with Gasteiger partial charge in [0.15, 0.2) is 0 Å². The van der Waals surface area contributed by atoms with Crippen LogP contribution in [0.25, 0.3) is 0 Å². The molecule has 7 nitrogen and oxygen atoms in total. The molecule has 2 aromatic rings. The van der Waals surface area contributed by atoms with E-state index in [1.165, 1.54) is 17.0 Å². The van der Waals surface area contributed by atoms with Gasteiger partial charge in [0.05, 0.1) is 25.4 Å². The Bertz CT molecular complexity index is 1080. The van der Waals surface area contributed by atoms with Gasteiger partial charge in [-0.1, -0.05) is 12.1 Å². The second-order valence-electron chi connectivity index (χ2n) is 11.1. The summed E-state index contributed by atoms with van der Waals surface area (Å²) < 4.78 is 33.2. The molecule has 2 fully saturated rings. The van der Waals surface area contributed by atoms with Crippen molar-refractivity contribution < 1.29 is 28.5 Å². The van der Waals surface area contributed by atoms with E-state index in [0.29, 0.717) is 13.2 Å². The molecule has 1 heterocycles. The molecule has 2 aliphatic rings. The first kappa shape index (κ1) is 27.3. The molecular formula is C28H37F2N3O4. The summed E-state index contributed by atoms with van der Waals surface area (Å²) in [5.74, 6) is -1.48. The van der Waals surface area contributed by atoms with E-state index in [1.54, 1.807) is 20.8 Å². The van der Waals surface area contributed by atoms with Gasteiger partial charge in [-0.3, -0.25) is 4.90 Å². The van der Waals surface area contributed by atoms with Gasteiger partial charge in [-0.2, -0.15) is 0 Å². The molecule has 1 aliphatic heterocycles. The van der Waals surface area contributed by atoms with Crippen LogP contribution in [0.2, 0.25) is 0 Å². The van der Waals surface area contributed by atoms with E-state index in [4.69, 9.17) is 4.74 Å². The minimum atomic E-state index is -1.20. The van der Waals surface area contributed by atoms with Crippen molar-refractivity contribution in [1.82, 2.24) is 10.2 Å². The number of aliphatic hydroxyl groups is 1. The summed E-state index contributed by atoms with van der Waals surface area (Å²) in [7, 11) is 0. The predicted octanol–water partition coefficient (Wildman–Crippen LogP) is 4.13. The summed E-state index contributed by atoms with van der Waals surface area (Å²) in [4.78, 5) is 15.7. The maximum atomic E-state index is 13.9. The third-order valence-corrected chi connectivity index (χ3v) is 7.25. The van der Waals surface area contributed by atoms with Gasteiger partial charge in [0.2, 0.25) is 0 Å². The first-order valence-corrected chi connectivity index (χ1v) is 12.8. The Morgan fingerprint density at radius 1 is 1.14 bits per heavy atom. The average Bonchev–Trinajstić information content (AvgIpc) is 3.62. The lowest BCUT2D eigenvalue weighted by molar-refractivity contribution is 0.00644. The molecule has 0 aromatic heterocycles. The van der Waals surface area contributed by atoms with Crippen LogP contribution in [0.3, 0.4) is 0 Å². The fourth-order valence-electron chi connectivity index (χ4n) is 5.25. The lowest BCUT2D eigenvalue weighted by atomic mass is 9.94. The number of anilines is 1. The average molecular weight is 518 g/mol. The van der Waals surface area contributed by atoms with Gasteiger partial charge >= 0.3 is 6.09 Å². The highest BCUT2D eigenvalue weighted by atomic mass is 19.1. The van der Waals surface area contributed by atoms with Crippen LogP contribution in [0, 0.1) is 11.6 Å². The van der Waals surface area contributed by atoms with Crippen molar-refractivity contribution in [3.8, 4) is 0 Å². The molecule has 1 aliphatic carbocycles. The highest BCUT2D eigenvalue weighted by molar-refractivity contribution is 5.66. The highest BCUT2D eigenvalue weighted by Gasteiger charge is 2.45. The highest BCUT2D eigenvalue weighted by Crippen LogP contribution is 2.46. The van der Waals surface area contributed by atoms with Crippen LogP contribution < -0.4 is 10.2 Å². The number of carboxylic acid groups (broad SMARTS) is 1. The molecule has 9 heteroatoms. The molecule has 2 unspecified atom stereocenters. The van der Waals surface area contributed by atoms with Gasteiger partial charge < -0.3 is 25.2 Å². The van der Waals surface area contributed by atoms with Crippen LogP contribution in [0.1, 0.15) is 44.7 Å². The normalized spacial score (nSPS) is 18.8. The Kier molecular flexibility index (Phi) is 8.06. The van der Waals surface area contributed by atoms with E-state index < -0.39 is 35.4 Å². The largest absolute Gasteiger partial charge is 0.465 e. The number of aliphatic hydroxyl groups excluding tert-OH is 1. The molecule has 1 amide bonds. The minimum Gasteiger partial charge on any atom is -0.465 e. The van der Waals surface area contributed by atoms with Crippen LogP contribution in [-0.4, -0.2) is 71.7 Å². The number of benzene rings is 2. The number of rotatable bonds is 9. The van der Waals surface area contributed by atoms with Gasteiger partial charge in [-0.15, -0.1) is 0 Å². The van der Waals surface area contributed by atoms with Crippen LogP contribution in [0.5, 0.6) is 0 Å². The fourth-order valence-corrected chi connectivity index (χ4v) is 5.25. The standard InChI is InChI=1S/C28H37F2N3O4/c1-27(2,3)33(26(35)36)24(15-19-13-21(29)17-22(30)14-19)25(34)18-31-28(7-8-28)20-5-4-6-23(16-20)32-9-11-37-12-10-32/h4-6,13-14,16-17,24-25,31,34H,7-12,15,18H2,1-3H3,(H,35,36). The number of carbonyl (C=O) groups is 1. The first-order valence-electron chi connectivity index (χ1n) is 12.8. The lowest BCUT2D eigenvalue weighted by Crippen LogP contribution is -2.58. The zero-order valence-electron chi connectivity index (χ0n) is 21.7. The van der Waals surface area contributed by atoms with Crippen molar-refractivity contribution in [2.45, 2.75) is 63.3 Å². The van der Waals surface area contributed by atoms with Gasteiger partial charge in [-0.05, 0) is 75.4 Å². The number of ether oxygens (including phenoxy) is 1. The zero-order chi connectivity index (χ0) is 26.8. The Morgan fingerprint density at radius 2 is 1.78 bits per heavy atom. The minimum absolute atomic E-state index is 0.0272. The van der Waals surface area contributed by atoms with Crippen LogP contribution in [0.15, 0.2) is 42.5 Å². The quantitative estimate of drug-likeness (QED) is 0.464. The number of nitrogens with zero attached hydrogens (tertiary/aromatic N) is 2. The lowest BCUT2D eigenvalue weighted by Gasteiger charge is -2.42. The molecule has 2 aromatic carbocycles. The monoisotopic (exact) mass is 517 g/mol. The summed E-state index contributed by atoms with van der Waals surface area (Å²) in [5.41, 5.74) is 1.40. The van der Waals surface area contributed by atoms with Crippen molar-refractivity contribution in [2.24, 2.45) is 0 Å². The van der Waals surface area contributed by atoms with Crippen molar-refractivity contribution >= 4 is 11.8 Å². The number of halogens is 2. The SMILES string of the molecule is CC(C)(C)N(C(=O)O)C(Cc1cc(F)cc(F)c1)C(O)CNC1(c2cccc(N3CCOCC3)c2)CC1. The Morgan fingerprint density at radius 3 is 2.35 bits per heavy atom. The smallest absolute Gasteiger partial charge is 0.408 e. The zero-order valence-corrected chi connectivity index (χ0v) is 21.7. The molecule has 37 heavy (non-hydrogen) atoms. The van der Waals surface area contributed by atoms with E-state index in [9.17, 15) is 23.8 Å². The van der Waals surface area contributed by atoms with Gasteiger partial charge in [0.25, 0.3) is 0 Å². The maximum Gasteiger partial charge on any atom is 0.408 e. The third-order valence-electron chi connectivity index (χ3n) is 7.25. The van der Waals surface area contributed by atoms with E-state index in [-0.39, 0.29) is 24.1 Å². The molecule has 0 spiro atoms. The molecular weight excluding hydrogens is 480 g/mol. The summed E-state index contributed by atoms with van der Waals surface area (Å²) in [6, 6.07) is 10.6. The first-order chi connectivity index (χ1) is 17.5. The van der Waals surface area contributed by atoms with Crippen molar-refractivity contribution in [2.75, 3.05) is 37.7 Å². The summed E-state index contributed by atoms with van der Waals surface area (Å²) in [6.07, 6.45) is -0.544. The van der Waals surface area contributed by atoms with Crippen molar-refractivity contribution in [1.29, 1.82) is 0 Å². The molecule has 2 atom stereocenters. The van der Waals surface area contributed by atoms with Gasteiger partial charge in [-0.25, -0.2) is 13.6 Å². The van der Waals surface area contributed by atoms with Crippen molar-refractivity contribution in [3.05, 3.63) is 65.2 Å². The van der Waals surface area contributed by atoms with Gasteiger partial charge in [0.1, 0.15) is 11.6 Å². The summed E-state index contributed by atoms with van der Waals surface area (Å²) in [6.45, 7) is 8.41. The second kappa shape index (κ2) is 10.9. The van der Waals surface area contributed by atoms with E-state index in [1.807, 2.05) is 6.07 Å². The Hall–Kier alpha value is -2.75. The van der Waals surface area contributed by atoms with Crippen LogP contribution in [0.4, 0.5) is 19.3 Å². The second-order valence-corrected chi connectivity index (χ2v) is 11.1. The number of hydrogen-bond donors (Lipinski definition) is 3. The Balaban J connectivity index is 1.53. The third kappa shape index (κ3) is 6.58. The molecule has 1 saturated heterocycles. The van der Waals surface area contributed by atoms with E-state index in [0.717, 1.165) is 43.2 Å².